The summed E-state index contributed by atoms with van der Waals surface area (Å²) in [4.78, 5) is 14.2. The predicted molar refractivity (Wildman–Crippen MR) is 95.0 cm³/mol. The fourth-order valence-corrected chi connectivity index (χ4v) is 3.16. The van der Waals surface area contributed by atoms with E-state index in [-0.39, 0.29) is 30.7 Å². The van der Waals surface area contributed by atoms with Gasteiger partial charge >= 0.3 is 0 Å². The zero-order valence-electron chi connectivity index (χ0n) is 14.3. The van der Waals surface area contributed by atoms with Gasteiger partial charge in [0.15, 0.2) is 0 Å². The second kappa shape index (κ2) is 8.01. The van der Waals surface area contributed by atoms with Crippen molar-refractivity contribution in [2.75, 3.05) is 13.1 Å². The summed E-state index contributed by atoms with van der Waals surface area (Å²) in [6.07, 6.45) is -0.0918. The number of benzene rings is 2. The summed E-state index contributed by atoms with van der Waals surface area (Å²) in [5.41, 5.74) is 1.02. The van der Waals surface area contributed by atoms with Crippen LogP contribution < -0.4 is 10.1 Å². The average molecular weight is 381 g/mol. The SMILES string of the molecule is CC1CN(CC(=O)NCc2cc(F)ccc2F)Cc2cc(Cl)ccc2O1. The summed E-state index contributed by atoms with van der Waals surface area (Å²) in [7, 11) is 0. The molecular formula is C19H19ClF2N2O2. The molecule has 3 rings (SSSR count). The maximum absolute atomic E-state index is 13.6. The molecule has 1 heterocycles. The number of amides is 1. The Morgan fingerprint density at radius 2 is 2.12 bits per heavy atom. The van der Waals surface area contributed by atoms with E-state index in [1.165, 1.54) is 0 Å². The Morgan fingerprint density at radius 3 is 2.92 bits per heavy atom. The molecule has 1 unspecified atom stereocenters. The van der Waals surface area contributed by atoms with Crippen LogP contribution in [0, 0.1) is 11.6 Å². The highest BCUT2D eigenvalue weighted by Crippen LogP contribution is 2.27. The lowest BCUT2D eigenvalue weighted by Crippen LogP contribution is -2.39. The zero-order valence-corrected chi connectivity index (χ0v) is 15.0. The maximum Gasteiger partial charge on any atom is 0.234 e. The molecule has 0 fully saturated rings. The van der Waals surface area contributed by atoms with Crippen molar-refractivity contribution in [2.45, 2.75) is 26.1 Å². The molecule has 1 amide bonds. The van der Waals surface area contributed by atoms with Gasteiger partial charge in [-0.25, -0.2) is 8.78 Å². The number of carbonyl (C=O) groups is 1. The van der Waals surface area contributed by atoms with Gasteiger partial charge in [0, 0.05) is 35.8 Å². The van der Waals surface area contributed by atoms with Gasteiger partial charge in [0.05, 0.1) is 6.54 Å². The summed E-state index contributed by atoms with van der Waals surface area (Å²) in [6, 6.07) is 8.58. The van der Waals surface area contributed by atoms with Gasteiger partial charge in [-0.05, 0) is 43.3 Å². The smallest absolute Gasteiger partial charge is 0.234 e. The number of rotatable bonds is 4. The molecule has 1 aliphatic rings. The van der Waals surface area contributed by atoms with Crippen LogP contribution in [0.25, 0.3) is 0 Å². The number of hydrogen-bond acceptors (Lipinski definition) is 3. The first-order valence-electron chi connectivity index (χ1n) is 8.29. The van der Waals surface area contributed by atoms with Gasteiger partial charge in [-0.3, -0.25) is 9.69 Å². The van der Waals surface area contributed by atoms with Crippen molar-refractivity contribution in [1.82, 2.24) is 10.2 Å². The molecule has 4 nitrogen and oxygen atoms in total. The van der Waals surface area contributed by atoms with Gasteiger partial charge in [0.1, 0.15) is 23.5 Å². The molecule has 138 valence electrons. The summed E-state index contributed by atoms with van der Waals surface area (Å²) in [6.45, 7) is 3.06. The van der Waals surface area contributed by atoms with Crippen LogP contribution in [-0.4, -0.2) is 30.0 Å². The Hall–Kier alpha value is -2.18. The minimum absolute atomic E-state index is 0.0647. The molecule has 0 bridgehead atoms. The Bertz CT molecular complexity index is 816. The van der Waals surface area contributed by atoms with E-state index in [4.69, 9.17) is 16.3 Å². The van der Waals surface area contributed by atoms with E-state index in [9.17, 15) is 13.6 Å². The minimum Gasteiger partial charge on any atom is -0.489 e. The normalized spacial score (nSPS) is 17.2. The van der Waals surface area contributed by atoms with Crippen molar-refractivity contribution in [3.63, 3.8) is 0 Å². The highest BCUT2D eigenvalue weighted by atomic mass is 35.5. The summed E-state index contributed by atoms with van der Waals surface area (Å²) < 4.78 is 32.7. The highest BCUT2D eigenvalue weighted by Gasteiger charge is 2.22. The molecule has 1 N–H and O–H groups in total. The molecular weight excluding hydrogens is 362 g/mol. The number of carbonyl (C=O) groups excluding carboxylic acids is 1. The summed E-state index contributed by atoms with van der Waals surface area (Å²) in [5, 5.41) is 3.24. The lowest BCUT2D eigenvalue weighted by molar-refractivity contribution is -0.122. The van der Waals surface area contributed by atoms with Gasteiger partial charge in [-0.15, -0.1) is 0 Å². The Labute approximate surface area is 155 Å². The summed E-state index contributed by atoms with van der Waals surface area (Å²) in [5.74, 6) is -0.604. The van der Waals surface area contributed by atoms with E-state index in [2.05, 4.69) is 5.32 Å². The molecule has 0 aliphatic carbocycles. The topological polar surface area (TPSA) is 41.6 Å². The average Bonchev–Trinajstić information content (AvgIpc) is 2.72. The van der Waals surface area contributed by atoms with Crippen LogP contribution in [-0.2, 0) is 17.9 Å². The Kier molecular flexibility index (Phi) is 5.74. The fraction of sp³-hybridized carbons (Fsp3) is 0.316. The first-order valence-corrected chi connectivity index (χ1v) is 8.66. The van der Waals surface area contributed by atoms with E-state index >= 15 is 0 Å². The molecule has 2 aromatic carbocycles. The van der Waals surface area contributed by atoms with Crippen LogP contribution in [0.2, 0.25) is 5.02 Å². The van der Waals surface area contributed by atoms with E-state index < -0.39 is 11.6 Å². The first kappa shape index (κ1) is 18.6. The zero-order chi connectivity index (χ0) is 18.7. The van der Waals surface area contributed by atoms with Crippen LogP contribution in [0.5, 0.6) is 5.75 Å². The second-order valence-corrected chi connectivity index (χ2v) is 6.80. The Morgan fingerprint density at radius 1 is 1.31 bits per heavy atom. The number of fused-ring (bicyclic) bond motifs is 1. The van der Waals surface area contributed by atoms with Crippen molar-refractivity contribution < 1.29 is 18.3 Å². The lowest BCUT2D eigenvalue weighted by Gasteiger charge is -2.21. The van der Waals surface area contributed by atoms with E-state index in [0.717, 1.165) is 29.5 Å². The summed E-state index contributed by atoms with van der Waals surface area (Å²) >= 11 is 6.05. The van der Waals surface area contributed by atoms with Crippen LogP contribution >= 0.6 is 11.6 Å². The molecule has 1 atom stereocenters. The molecule has 2 aromatic rings. The van der Waals surface area contributed by atoms with Gasteiger partial charge in [0.2, 0.25) is 5.91 Å². The van der Waals surface area contributed by atoms with Crippen molar-refractivity contribution >= 4 is 17.5 Å². The maximum atomic E-state index is 13.6. The molecule has 26 heavy (non-hydrogen) atoms. The largest absolute Gasteiger partial charge is 0.489 e. The molecule has 0 saturated carbocycles. The van der Waals surface area contributed by atoms with Gasteiger partial charge in [0.25, 0.3) is 0 Å². The first-order chi connectivity index (χ1) is 12.4. The van der Waals surface area contributed by atoms with Crippen molar-refractivity contribution in [3.05, 3.63) is 64.2 Å². The third kappa shape index (κ3) is 4.71. The third-order valence-electron chi connectivity index (χ3n) is 4.11. The second-order valence-electron chi connectivity index (χ2n) is 6.36. The van der Waals surface area contributed by atoms with Gasteiger partial charge in [-0.1, -0.05) is 11.6 Å². The number of nitrogens with one attached hydrogen (secondary N) is 1. The number of halogens is 3. The van der Waals surface area contributed by atoms with E-state index in [1.807, 2.05) is 24.0 Å². The monoisotopic (exact) mass is 380 g/mol. The number of hydrogen-bond donors (Lipinski definition) is 1. The quantitative estimate of drug-likeness (QED) is 0.882. The van der Waals surface area contributed by atoms with Crippen LogP contribution in [0.1, 0.15) is 18.1 Å². The van der Waals surface area contributed by atoms with Crippen molar-refractivity contribution in [2.24, 2.45) is 0 Å². The van der Waals surface area contributed by atoms with Gasteiger partial charge < -0.3 is 10.1 Å². The van der Waals surface area contributed by atoms with Crippen molar-refractivity contribution in [1.29, 1.82) is 0 Å². The lowest BCUT2D eigenvalue weighted by atomic mass is 10.2. The van der Waals surface area contributed by atoms with Crippen molar-refractivity contribution in [3.8, 4) is 5.75 Å². The van der Waals surface area contributed by atoms with Crippen LogP contribution in [0.3, 0.4) is 0 Å². The van der Waals surface area contributed by atoms with E-state index in [0.29, 0.717) is 18.1 Å². The molecule has 0 spiro atoms. The van der Waals surface area contributed by atoms with Gasteiger partial charge in [-0.2, -0.15) is 0 Å². The fourth-order valence-electron chi connectivity index (χ4n) is 2.96. The Balaban J connectivity index is 1.62. The minimum atomic E-state index is -0.549. The third-order valence-corrected chi connectivity index (χ3v) is 4.35. The highest BCUT2D eigenvalue weighted by molar-refractivity contribution is 6.30. The molecule has 0 radical (unpaired) electrons. The van der Waals surface area contributed by atoms with Crippen LogP contribution in [0.4, 0.5) is 8.78 Å². The van der Waals surface area contributed by atoms with E-state index in [1.54, 1.807) is 6.07 Å². The molecule has 7 heteroatoms. The van der Waals surface area contributed by atoms with Crippen LogP contribution in [0.15, 0.2) is 36.4 Å². The molecule has 0 saturated heterocycles. The number of nitrogens with zero attached hydrogens (tertiary/aromatic N) is 1. The molecule has 0 aromatic heterocycles. The number of ether oxygens (including phenoxy) is 1. The standard InChI is InChI=1S/C19H19ClF2N2O2/c1-12-9-24(10-14-6-15(20)2-5-18(14)26-12)11-19(25)23-8-13-7-16(21)3-4-17(13)22/h2-7,12H,8-11H2,1H3,(H,23,25). The predicted octanol–water partition coefficient (Wildman–Crippen LogP) is 3.52. The molecule has 1 aliphatic heterocycles.